The molecule has 0 bridgehead atoms. The topological polar surface area (TPSA) is 41.6 Å². The number of hydrogen-bond donors (Lipinski definition) is 1. The lowest BCUT2D eigenvalue weighted by atomic mass is 9.96. The molecule has 1 aliphatic heterocycles. The van der Waals surface area contributed by atoms with Gasteiger partial charge in [-0.3, -0.25) is 0 Å². The molecule has 2 amide bonds. The van der Waals surface area contributed by atoms with E-state index in [1.165, 1.54) is 19.3 Å². The minimum absolute atomic E-state index is 0.0345. The van der Waals surface area contributed by atoms with Gasteiger partial charge in [0.2, 0.25) is 0 Å². The molecule has 1 aromatic carbocycles. The van der Waals surface area contributed by atoms with Gasteiger partial charge >= 0.3 is 6.03 Å². The summed E-state index contributed by atoms with van der Waals surface area (Å²) < 4.78 is 5.81. The zero-order chi connectivity index (χ0) is 15.4. The van der Waals surface area contributed by atoms with Crippen LogP contribution in [-0.4, -0.2) is 36.7 Å². The van der Waals surface area contributed by atoms with Crippen LogP contribution in [0.5, 0.6) is 0 Å². The number of benzene rings is 1. The predicted molar refractivity (Wildman–Crippen MR) is 87.1 cm³/mol. The third kappa shape index (κ3) is 3.73. The van der Waals surface area contributed by atoms with Gasteiger partial charge in [-0.2, -0.15) is 0 Å². The van der Waals surface area contributed by atoms with Crippen molar-refractivity contribution in [3.8, 4) is 0 Å². The van der Waals surface area contributed by atoms with Gasteiger partial charge in [-0.1, -0.05) is 49.1 Å². The highest BCUT2D eigenvalue weighted by atomic mass is 35.5. The molecule has 5 heteroatoms. The molecule has 22 heavy (non-hydrogen) atoms. The second-order valence-corrected chi connectivity index (χ2v) is 6.52. The number of morpholine rings is 1. The minimum atomic E-state index is -0.139. The molecule has 1 N–H and O–H groups in total. The van der Waals surface area contributed by atoms with E-state index < -0.39 is 0 Å². The van der Waals surface area contributed by atoms with E-state index in [0.717, 1.165) is 18.4 Å². The average molecular weight is 323 g/mol. The molecule has 0 spiro atoms. The van der Waals surface area contributed by atoms with Crippen LogP contribution in [0.1, 0.15) is 43.8 Å². The molecule has 0 aromatic heterocycles. The first-order chi connectivity index (χ1) is 10.7. The SMILES string of the molecule is O=C(NC1CCCCC1)N1CCOC(c2ccccc2Cl)C1. The fourth-order valence-electron chi connectivity index (χ4n) is 3.27. The summed E-state index contributed by atoms with van der Waals surface area (Å²) in [7, 11) is 0. The maximum absolute atomic E-state index is 12.5. The first kappa shape index (κ1) is 15.6. The van der Waals surface area contributed by atoms with Crippen molar-refractivity contribution in [2.75, 3.05) is 19.7 Å². The first-order valence-electron chi connectivity index (χ1n) is 8.15. The Kier molecular flexibility index (Phi) is 5.21. The smallest absolute Gasteiger partial charge is 0.317 e. The molecule has 1 heterocycles. The summed E-state index contributed by atoms with van der Waals surface area (Å²) in [6, 6.07) is 8.06. The zero-order valence-electron chi connectivity index (χ0n) is 12.8. The monoisotopic (exact) mass is 322 g/mol. The van der Waals surface area contributed by atoms with Gasteiger partial charge < -0.3 is 15.0 Å². The molecule has 1 unspecified atom stereocenters. The highest BCUT2D eigenvalue weighted by molar-refractivity contribution is 6.31. The lowest BCUT2D eigenvalue weighted by Crippen LogP contribution is -2.50. The van der Waals surface area contributed by atoms with Crippen LogP contribution in [0.3, 0.4) is 0 Å². The van der Waals surface area contributed by atoms with Crippen LogP contribution in [0.2, 0.25) is 5.02 Å². The molecule has 3 rings (SSSR count). The Hall–Kier alpha value is -1.26. The Labute approximate surface area is 136 Å². The summed E-state index contributed by atoms with van der Waals surface area (Å²) in [6.45, 7) is 1.75. The van der Waals surface area contributed by atoms with Gasteiger partial charge in [-0.05, 0) is 18.9 Å². The number of ether oxygens (including phenoxy) is 1. The summed E-state index contributed by atoms with van der Waals surface area (Å²) in [5, 5.41) is 3.87. The van der Waals surface area contributed by atoms with Gasteiger partial charge in [0.15, 0.2) is 0 Å². The largest absolute Gasteiger partial charge is 0.370 e. The van der Waals surface area contributed by atoms with Crippen molar-refractivity contribution in [3.05, 3.63) is 34.9 Å². The van der Waals surface area contributed by atoms with Crippen LogP contribution >= 0.6 is 11.6 Å². The minimum Gasteiger partial charge on any atom is -0.370 e. The fourth-order valence-corrected chi connectivity index (χ4v) is 3.53. The molecule has 2 fully saturated rings. The molecular weight excluding hydrogens is 300 g/mol. The van der Waals surface area contributed by atoms with E-state index in [1.807, 2.05) is 29.2 Å². The van der Waals surface area contributed by atoms with Gasteiger partial charge in [0, 0.05) is 23.2 Å². The summed E-state index contributed by atoms with van der Waals surface area (Å²) in [5.41, 5.74) is 0.958. The Morgan fingerprint density at radius 1 is 1.23 bits per heavy atom. The van der Waals surface area contributed by atoms with Crippen LogP contribution in [0.25, 0.3) is 0 Å². The summed E-state index contributed by atoms with van der Waals surface area (Å²) in [4.78, 5) is 14.3. The third-order valence-electron chi connectivity index (χ3n) is 4.54. The molecule has 1 saturated carbocycles. The van der Waals surface area contributed by atoms with Gasteiger partial charge in [-0.25, -0.2) is 4.79 Å². The maximum Gasteiger partial charge on any atom is 0.317 e. The second-order valence-electron chi connectivity index (χ2n) is 6.11. The van der Waals surface area contributed by atoms with Crippen molar-refractivity contribution < 1.29 is 9.53 Å². The van der Waals surface area contributed by atoms with E-state index in [2.05, 4.69) is 5.32 Å². The van der Waals surface area contributed by atoms with E-state index in [9.17, 15) is 4.79 Å². The van der Waals surface area contributed by atoms with Gasteiger partial charge in [0.25, 0.3) is 0 Å². The Balaban J connectivity index is 1.60. The Morgan fingerprint density at radius 3 is 2.77 bits per heavy atom. The molecule has 120 valence electrons. The fraction of sp³-hybridized carbons (Fsp3) is 0.588. The van der Waals surface area contributed by atoms with E-state index in [1.54, 1.807) is 0 Å². The quantitative estimate of drug-likeness (QED) is 0.900. The standard InChI is InChI=1S/C17H23ClN2O2/c18-15-9-5-4-8-14(15)16-12-20(10-11-22-16)17(21)19-13-6-2-1-3-7-13/h4-5,8-9,13,16H,1-3,6-7,10-12H2,(H,19,21). The molecule has 1 atom stereocenters. The number of carbonyl (C=O) groups excluding carboxylic acids is 1. The summed E-state index contributed by atoms with van der Waals surface area (Å²) >= 11 is 6.24. The van der Waals surface area contributed by atoms with E-state index in [0.29, 0.717) is 30.8 Å². The summed E-state index contributed by atoms with van der Waals surface area (Å²) in [6.07, 6.45) is 5.79. The number of carbonyl (C=O) groups is 1. The first-order valence-corrected chi connectivity index (χ1v) is 8.53. The lowest BCUT2D eigenvalue weighted by molar-refractivity contribution is -0.0158. The molecule has 2 aliphatic rings. The van der Waals surface area contributed by atoms with Gasteiger partial charge in [0.1, 0.15) is 6.10 Å². The van der Waals surface area contributed by atoms with Crippen molar-refractivity contribution in [3.63, 3.8) is 0 Å². The number of urea groups is 1. The number of nitrogens with one attached hydrogen (secondary N) is 1. The number of hydrogen-bond acceptors (Lipinski definition) is 2. The van der Waals surface area contributed by atoms with Crippen molar-refractivity contribution >= 4 is 17.6 Å². The van der Waals surface area contributed by atoms with Crippen LogP contribution in [-0.2, 0) is 4.74 Å². The van der Waals surface area contributed by atoms with Crippen LogP contribution in [0.4, 0.5) is 4.79 Å². The van der Waals surface area contributed by atoms with Crippen LogP contribution < -0.4 is 5.32 Å². The Bertz CT molecular complexity index is 517. The highest BCUT2D eigenvalue weighted by Gasteiger charge is 2.28. The Morgan fingerprint density at radius 2 is 2.00 bits per heavy atom. The normalized spacial score (nSPS) is 23.3. The molecule has 1 saturated heterocycles. The van der Waals surface area contributed by atoms with E-state index in [-0.39, 0.29) is 12.1 Å². The van der Waals surface area contributed by atoms with Crippen LogP contribution in [0.15, 0.2) is 24.3 Å². The van der Waals surface area contributed by atoms with Crippen molar-refractivity contribution in [1.29, 1.82) is 0 Å². The van der Waals surface area contributed by atoms with Gasteiger partial charge in [-0.15, -0.1) is 0 Å². The predicted octanol–water partition coefficient (Wildman–Crippen LogP) is 3.76. The molecular formula is C17H23ClN2O2. The maximum atomic E-state index is 12.5. The van der Waals surface area contributed by atoms with E-state index in [4.69, 9.17) is 16.3 Å². The van der Waals surface area contributed by atoms with Crippen molar-refractivity contribution in [1.82, 2.24) is 10.2 Å². The average Bonchev–Trinajstić information content (AvgIpc) is 2.56. The number of rotatable bonds is 2. The number of halogens is 1. The van der Waals surface area contributed by atoms with Crippen LogP contribution in [0, 0.1) is 0 Å². The molecule has 1 aromatic rings. The molecule has 1 aliphatic carbocycles. The molecule has 4 nitrogen and oxygen atoms in total. The summed E-state index contributed by atoms with van der Waals surface area (Å²) in [5.74, 6) is 0. The van der Waals surface area contributed by atoms with Gasteiger partial charge in [0.05, 0.1) is 13.2 Å². The second kappa shape index (κ2) is 7.34. The highest BCUT2D eigenvalue weighted by Crippen LogP contribution is 2.28. The van der Waals surface area contributed by atoms with E-state index >= 15 is 0 Å². The molecule has 0 radical (unpaired) electrons. The van der Waals surface area contributed by atoms with Crippen molar-refractivity contribution in [2.24, 2.45) is 0 Å². The zero-order valence-corrected chi connectivity index (χ0v) is 13.5. The third-order valence-corrected chi connectivity index (χ3v) is 4.88. The lowest BCUT2D eigenvalue weighted by Gasteiger charge is -2.35. The van der Waals surface area contributed by atoms with Crippen molar-refractivity contribution in [2.45, 2.75) is 44.2 Å². The number of nitrogens with zero attached hydrogens (tertiary/aromatic N) is 1. The number of amides is 2.